The molecule has 0 atom stereocenters. The molecule has 0 saturated carbocycles. The van der Waals surface area contributed by atoms with Gasteiger partial charge in [0, 0.05) is 44.1 Å². The fourth-order valence-corrected chi connectivity index (χ4v) is 2.90. The normalized spacial score (nSPS) is 11.1. The van der Waals surface area contributed by atoms with Crippen LogP contribution < -0.4 is 20.7 Å². The van der Waals surface area contributed by atoms with Gasteiger partial charge in [-0.1, -0.05) is 6.07 Å². The second-order valence-electron chi connectivity index (χ2n) is 5.59. The fraction of sp³-hybridized carbons (Fsp3) is 0.389. The molecule has 0 radical (unpaired) electrons. The van der Waals surface area contributed by atoms with Gasteiger partial charge in [0.05, 0.1) is 17.2 Å². The third-order valence-electron chi connectivity index (χ3n) is 3.38. The first-order chi connectivity index (χ1) is 12.6. The number of ether oxygens (including phenoxy) is 1. The molecule has 2 rings (SSSR count). The average Bonchev–Trinajstić information content (AvgIpc) is 3.02. The van der Waals surface area contributed by atoms with E-state index in [1.165, 1.54) is 6.92 Å². The lowest BCUT2D eigenvalue weighted by molar-refractivity contribution is -0.114. The molecular formula is C18H25N5O2S. The minimum atomic E-state index is -0.105. The van der Waals surface area contributed by atoms with Crippen LogP contribution in [0, 0.1) is 6.92 Å². The third-order valence-corrected chi connectivity index (χ3v) is 4.20. The Balaban J connectivity index is 1.66. The van der Waals surface area contributed by atoms with Gasteiger partial charge in [-0.05, 0) is 19.1 Å². The topological polar surface area (TPSA) is 87.6 Å². The van der Waals surface area contributed by atoms with Crippen molar-refractivity contribution in [1.82, 2.24) is 15.6 Å². The molecule has 0 saturated heterocycles. The summed E-state index contributed by atoms with van der Waals surface area (Å²) in [7, 11) is 1.74. The SMILES string of the molecule is CN=C(NCCOc1cccc(NC(C)=O)c1)NCCc1csc(C)n1. The summed E-state index contributed by atoms with van der Waals surface area (Å²) in [6.07, 6.45) is 0.859. The van der Waals surface area contributed by atoms with Crippen molar-refractivity contribution in [3.63, 3.8) is 0 Å². The number of hydrogen-bond donors (Lipinski definition) is 3. The third kappa shape index (κ3) is 7.10. The van der Waals surface area contributed by atoms with Gasteiger partial charge in [0.2, 0.25) is 5.91 Å². The van der Waals surface area contributed by atoms with E-state index in [1.54, 1.807) is 24.5 Å². The van der Waals surface area contributed by atoms with Crippen LogP contribution in [-0.2, 0) is 11.2 Å². The number of carbonyl (C=O) groups excluding carboxylic acids is 1. The first-order valence-corrected chi connectivity index (χ1v) is 9.31. The van der Waals surface area contributed by atoms with Crippen molar-refractivity contribution >= 4 is 28.9 Å². The van der Waals surface area contributed by atoms with E-state index in [0.29, 0.717) is 18.9 Å². The number of aliphatic imine (C=N–C) groups is 1. The van der Waals surface area contributed by atoms with Gasteiger partial charge >= 0.3 is 0 Å². The number of anilines is 1. The van der Waals surface area contributed by atoms with Crippen molar-refractivity contribution in [2.75, 3.05) is 32.1 Å². The van der Waals surface area contributed by atoms with Gasteiger partial charge in [-0.3, -0.25) is 9.79 Å². The molecule has 0 fully saturated rings. The van der Waals surface area contributed by atoms with Crippen LogP contribution in [0.15, 0.2) is 34.6 Å². The summed E-state index contributed by atoms with van der Waals surface area (Å²) in [6, 6.07) is 7.31. The zero-order chi connectivity index (χ0) is 18.8. The molecule has 7 nitrogen and oxygen atoms in total. The number of nitrogens with zero attached hydrogens (tertiary/aromatic N) is 2. The van der Waals surface area contributed by atoms with E-state index in [0.717, 1.165) is 35.3 Å². The number of benzene rings is 1. The van der Waals surface area contributed by atoms with Crippen molar-refractivity contribution in [3.8, 4) is 5.75 Å². The molecule has 1 aromatic heterocycles. The molecule has 1 heterocycles. The average molecular weight is 375 g/mol. The van der Waals surface area contributed by atoms with Crippen molar-refractivity contribution in [3.05, 3.63) is 40.3 Å². The Morgan fingerprint density at radius 3 is 2.81 bits per heavy atom. The van der Waals surface area contributed by atoms with Gasteiger partial charge in [-0.15, -0.1) is 11.3 Å². The summed E-state index contributed by atoms with van der Waals surface area (Å²) in [5.41, 5.74) is 1.82. The molecule has 0 aliphatic heterocycles. The predicted octanol–water partition coefficient (Wildman–Crippen LogP) is 2.20. The summed E-state index contributed by atoms with van der Waals surface area (Å²) in [5, 5.41) is 12.4. The number of aromatic nitrogens is 1. The van der Waals surface area contributed by atoms with Gasteiger partial charge in [-0.25, -0.2) is 4.98 Å². The van der Waals surface area contributed by atoms with E-state index in [-0.39, 0.29) is 5.91 Å². The Morgan fingerprint density at radius 2 is 2.12 bits per heavy atom. The minimum absolute atomic E-state index is 0.105. The van der Waals surface area contributed by atoms with Crippen molar-refractivity contribution in [2.45, 2.75) is 20.3 Å². The molecule has 0 unspecified atom stereocenters. The predicted molar refractivity (Wildman–Crippen MR) is 106 cm³/mol. The molecule has 0 aliphatic rings. The number of rotatable bonds is 8. The largest absolute Gasteiger partial charge is 0.492 e. The highest BCUT2D eigenvalue weighted by atomic mass is 32.1. The molecule has 0 aliphatic carbocycles. The Hall–Kier alpha value is -2.61. The fourth-order valence-electron chi connectivity index (χ4n) is 2.26. The molecule has 2 aromatic rings. The molecule has 0 spiro atoms. The molecule has 1 aromatic carbocycles. The summed E-state index contributed by atoms with van der Waals surface area (Å²) in [4.78, 5) is 19.7. The summed E-state index contributed by atoms with van der Waals surface area (Å²) in [6.45, 7) is 5.34. The number of hydrogen-bond acceptors (Lipinski definition) is 5. The van der Waals surface area contributed by atoms with Gasteiger partial charge in [0.25, 0.3) is 0 Å². The number of aryl methyl sites for hydroxylation is 1. The van der Waals surface area contributed by atoms with E-state index in [4.69, 9.17) is 4.74 Å². The number of carbonyl (C=O) groups is 1. The lowest BCUT2D eigenvalue weighted by Crippen LogP contribution is -2.40. The maximum Gasteiger partial charge on any atom is 0.221 e. The summed E-state index contributed by atoms with van der Waals surface area (Å²) >= 11 is 1.66. The lowest BCUT2D eigenvalue weighted by atomic mass is 10.3. The maximum absolute atomic E-state index is 11.1. The molecular weight excluding hydrogens is 350 g/mol. The number of amides is 1. The zero-order valence-corrected chi connectivity index (χ0v) is 16.2. The number of nitrogens with one attached hydrogen (secondary N) is 3. The minimum Gasteiger partial charge on any atom is -0.492 e. The van der Waals surface area contributed by atoms with Crippen LogP contribution in [0.25, 0.3) is 0 Å². The van der Waals surface area contributed by atoms with E-state index in [2.05, 4.69) is 31.3 Å². The first kappa shape index (κ1) is 19.7. The molecule has 3 N–H and O–H groups in total. The van der Waals surface area contributed by atoms with E-state index in [9.17, 15) is 4.79 Å². The van der Waals surface area contributed by atoms with Gasteiger partial charge in [-0.2, -0.15) is 0 Å². The second-order valence-corrected chi connectivity index (χ2v) is 6.65. The highest BCUT2D eigenvalue weighted by Gasteiger charge is 2.02. The standard InChI is InChI=1S/C18H25N5O2S/c1-13(24)22-15-5-4-6-17(11-15)25-10-9-21-18(19-3)20-8-7-16-12-26-14(2)23-16/h4-6,11-12H,7-10H2,1-3H3,(H,22,24)(H2,19,20,21). The molecule has 140 valence electrons. The van der Waals surface area contributed by atoms with Crippen molar-refractivity contribution in [1.29, 1.82) is 0 Å². The van der Waals surface area contributed by atoms with Crippen LogP contribution in [0.1, 0.15) is 17.6 Å². The van der Waals surface area contributed by atoms with Crippen molar-refractivity contribution < 1.29 is 9.53 Å². The van der Waals surface area contributed by atoms with Crippen LogP contribution >= 0.6 is 11.3 Å². The Labute approximate surface area is 157 Å². The van der Waals surface area contributed by atoms with Crippen molar-refractivity contribution in [2.24, 2.45) is 4.99 Å². The quantitative estimate of drug-likeness (QED) is 0.374. The summed E-state index contributed by atoms with van der Waals surface area (Å²) < 4.78 is 5.69. The van der Waals surface area contributed by atoms with Gasteiger partial charge in [0.15, 0.2) is 5.96 Å². The maximum atomic E-state index is 11.1. The Kier molecular flexibility index (Phi) is 7.88. The van der Waals surface area contributed by atoms with Crippen LogP contribution in [0.3, 0.4) is 0 Å². The first-order valence-electron chi connectivity index (χ1n) is 8.43. The molecule has 1 amide bonds. The Morgan fingerprint density at radius 1 is 1.31 bits per heavy atom. The molecule has 0 bridgehead atoms. The van der Waals surface area contributed by atoms with Gasteiger partial charge in [0.1, 0.15) is 12.4 Å². The van der Waals surface area contributed by atoms with Crippen LogP contribution in [0.5, 0.6) is 5.75 Å². The van der Waals surface area contributed by atoms with Crippen LogP contribution in [0.4, 0.5) is 5.69 Å². The van der Waals surface area contributed by atoms with Crippen LogP contribution in [0.2, 0.25) is 0 Å². The van der Waals surface area contributed by atoms with Crippen LogP contribution in [-0.4, -0.2) is 43.6 Å². The highest BCUT2D eigenvalue weighted by Crippen LogP contribution is 2.17. The number of thiazole rings is 1. The van der Waals surface area contributed by atoms with E-state index in [1.807, 2.05) is 25.1 Å². The second kappa shape index (κ2) is 10.4. The molecule has 26 heavy (non-hydrogen) atoms. The highest BCUT2D eigenvalue weighted by molar-refractivity contribution is 7.09. The smallest absolute Gasteiger partial charge is 0.221 e. The zero-order valence-electron chi connectivity index (χ0n) is 15.3. The molecule has 8 heteroatoms. The van der Waals surface area contributed by atoms with E-state index >= 15 is 0 Å². The lowest BCUT2D eigenvalue weighted by Gasteiger charge is -2.12. The summed E-state index contributed by atoms with van der Waals surface area (Å²) in [5.74, 6) is 1.33. The Bertz CT molecular complexity index is 745. The number of guanidine groups is 1. The van der Waals surface area contributed by atoms with Gasteiger partial charge < -0.3 is 20.7 Å². The van der Waals surface area contributed by atoms with E-state index < -0.39 is 0 Å². The monoisotopic (exact) mass is 375 g/mol.